The highest BCUT2D eigenvalue weighted by molar-refractivity contribution is 4.61. The molecule has 68 valence electrons. The first-order valence-corrected chi connectivity index (χ1v) is 4.07. The molecule has 11 heavy (non-hydrogen) atoms. The van der Waals surface area contributed by atoms with E-state index in [1.165, 1.54) is 25.9 Å². The highest BCUT2D eigenvalue weighted by Gasteiger charge is 2.24. The molecule has 1 aliphatic rings. The van der Waals surface area contributed by atoms with Gasteiger partial charge < -0.3 is 33.6 Å². The van der Waals surface area contributed by atoms with E-state index in [1.807, 2.05) is 0 Å². The second-order valence-corrected chi connectivity index (χ2v) is 4.01. The van der Waals surface area contributed by atoms with Gasteiger partial charge >= 0.3 is 0 Å². The fourth-order valence-corrected chi connectivity index (χ4v) is 1.50. The Morgan fingerprint density at radius 1 is 1.27 bits per heavy atom. The van der Waals surface area contributed by atoms with Crippen LogP contribution in [-0.2, 0) is 0 Å². The van der Waals surface area contributed by atoms with Gasteiger partial charge in [-0.2, -0.15) is 0 Å². The zero-order valence-electron chi connectivity index (χ0n) is 7.39. The van der Waals surface area contributed by atoms with Crippen molar-refractivity contribution in [2.45, 2.75) is 12.8 Å². The summed E-state index contributed by atoms with van der Waals surface area (Å²) in [6.45, 7) is 2.84. The number of nitrogens with zero attached hydrogens (tertiary/aromatic N) is 1. The molecule has 1 heterocycles. The maximum Gasteiger partial charge on any atom is 0.0786 e. The van der Waals surface area contributed by atoms with Gasteiger partial charge in [0.25, 0.3) is 0 Å². The molecule has 0 bridgehead atoms. The number of likely N-dealkylation sites (tertiary alicyclic amines) is 1. The lowest BCUT2D eigenvalue weighted by Gasteiger charge is -2.36. The van der Waals surface area contributed by atoms with Crippen LogP contribution in [0.5, 0.6) is 0 Å². The minimum atomic E-state index is 0. The Bertz CT molecular complexity index is 107. The first kappa shape index (κ1) is 11.6. The molecule has 0 spiro atoms. The molecule has 1 fully saturated rings. The normalized spacial score (nSPS) is 24.3. The van der Waals surface area contributed by atoms with Crippen LogP contribution in [0.4, 0.5) is 0 Å². The summed E-state index contributed by atoms with van der Waals surface area (Å²) in [6, 6.07) is 0. The molecule has 1 N–H and O–H groups in total. The van der Waals surface area contributed by atoms with Gasteiger partial charge in [-0.3, -0.25) is 0 Å². The molecular weight excluding hydrogens is 253 g/mol. The number of piperidine rings is 1. The summed E-state index contributed by atoms with van der Waals surface area (Å²) in [5.41, 5.74) is 0. The molecule has 0 aliphatic carbocycles. The maximum atomic E-state index is 8.85. The first-order chi connectivity index (χ1) is 4.64. The Balaban J connectivity index is 0.000001000. The fourth-order valence-electron chi connectivity index (χ4n) is 1.50. The van der Waals surface area contributed by atoms with E-state index in [0.29, 0.717) is 12.5 Å². The minimum absolute atomic E-state index is 0. The van der Waals surface area contributed by atoms with Crippen molar-refractivity contribution in [3.8, 4) is 0 Å². The van der Waals surface area contributed by atoms with Crippen molar-refractivity contribution in [2.75, 3.05) is 33.8 Å². The van der Waals surface area contributed by atoms with Crippen LogP contribution in [0.1, 0.15) is 12.8 Å². The summed E-state index contributed by atoms with van der Waals surface area (Å²) >= 11 is 0. The van der Waals surface area contributed by atoms with E-state index in [2.05, 4.69) is 14.1 Å². The van der Waals surface area contributed by atoms with Gasteiger partial charge in [-0.1, -0.05) is 0 Å². The first-order valence-electron chi connectivity index (χ1n) is 4.07. The standard InChI is InChI=1S/C8H18NO.HI/c1-9(2)5-3-8(7-10)4-6-9;/h8,10H,3-7H2,1-2H3;1H/q+1;/p-1. The lowest BCUT2D eigenvalue weighted by atomic mass is 9.97. The van der Waals surface area contributed by atoms with E-state index >= 15 is 0 Å². The number of hydrogen-bond donors (Lipinski definition) is 1. The van der Waals surface area contributed by atoms with Crippen LogP contribution < -0.4 is 24.0 Å². The minimum Gasteiger partial charge on any atom is -1.00 e. The molecule has 1 rings (SSSR count). The van der Waals surface area contributed by atoms with Gasteiger partial charge in [0.1, 0.15) is 0 Å². The van der Waals surface area contributed by atoms with Crippen molar-refractivity contribution in [3.63, 3.8) is 0 Å². The predicted octanol–water partition coefficient (Wildman–Crippen LogP) is -2.53. The summed E-state index contributed by atoms with van der Waals surface area (Å²) in [7, 11) is 4.52. The average molecular weight is 271 g/mol. The molecule has 0 saturated carbocycles. The van der Waals surface area contributed by atoms with Crippen LogP contribution in [0.15, 0.2) is 0 Å². The molecule has 0 aromatic carbocycles. The number of rotatable bonds is 1. The third kappa shape index (κ3) is 3.71. The van der Waals surface area contributed by atoms with E-state index in [-0.39, 0.29) is 24.0 Å². The van der Waals surface area contributed by atoms with E-state index in [1.54, 1.807) is 0 Å². The number of aliphatic hydroxyl groups excluding tert-OH is 1. The Morgan fingerprint density at radius 3 is 2.09 bits per heavy atom. The van der Waals surface area contributed by atoms with Crippen LogP contribution in [-0.4, -0.2) is 43.4 Å². The van der Waals surface area contributed by atoms with Gasteiger partial charge in [0, 0.05) is 19.4 Å². The largest absolute Gasteiger partial charge is 1.00 e. The van der Waals surface area contributed by atoms with Crippen LogP contribution in [0.3, 0.4) is 0 Å². The lowest BCUT2D eigenvalue weighted by Crippen LogP contribution is -3.00. The van der Waals surface area contributed by atoms with E-state index in [9.17, 15) is 0 Å². The SMILES string of the molecule is C[N+]1(C)CCC(CO)CC1.[I-]. The highest BCUT2D eigenvalue weighted by atomic mass is 127. The summed E-state index contributed by atoms with van der Waals surface area (Å²) < 4.78 is 1.14. The third-order valence-electron chi connectivity index (χ3n) is 2.54. The molecule has 1 aliphatic heterocycles. The number of quaternary nitrogens is 1. The molecule has 0 unspecified atom stereocenters. The van der Waals surface area contributed by atoms with Gasteiger partial charge in [-0.15, -0.1) is 0 Å². The highest BCUT2D eigenvalue weighted by Crippen LogP contribution is 2.18. The molecule has 0 atom stereocenters. The van der Waals surface area contributed by atoms with Crippen molar-refractivity contribution in [3.05, 3.63) is 0 Å². The Labute approximate surface area is 86.2 Å². The van der Waals surface area contributed by atoms with Crippen molar-refractivity contribution >= 4 is 0 Å². The Hall–Kier alpha value is 0.650. The van der Waals surface area contributed by atoms with Gasteiger partial charge in [0.15, 0.2) is 0 Å². The quantitative estimate of drug-likeness (QED) is 0.412. The van der Waals surface area contributed by atoms with Crippen LogP contribution >= 0.6 is 0 Å². The topological polar surface area (TPSA) is 20.2 Å². The predicted molar refractivity (Wildman–Crippen MR) is 41.7 cm³/mol. The molecule has 1 saturated heterocycles. The summed E-state index contributed by atoms with van der Waals surface area (Å²) in [4.78, 5) is 0. The van der Waals surface area contributed by atoms with Crippen LogP contribution in [0.25, 0.3) is 0 Å². The number of hydrogen-bond acceptors (Lipinski definition) is 1. The summed E-state index contributed by atoms with van der Waals surface area (Å²) in [5, 5.41) is 8.85. The van der Waals surface area contributed by atoms with Crippen molar-refractivity contribution in [1.82, 2.24) is 0 Å². The van der Waals surface area contributed by atoms with Crippen LogP contribution in [0, 0.1) is 5.92 Å². The molecule has 3 heteroatoms. The number of halogens is 1. The van der Waals surface area contributed by atoms with Crippen LogP contribution in [0.2, 0.25) is 0 Å². The second-order valence-electron chi connectivity index (χ2n) is 4.01. The van der Waals surface area contributed by atoms with E-state index in [4.69, 9.17) is 5.11 Å². The average Bonchev–Trinajstić information content (AvgIpc) is 1.88. The van der Waals surface area contributed by atoms with Crippen molar-refractivity contribution in [2.24, 2.45) is 5.92 Å². The summed E-state index contributed by atoms with van der Waals surface area (Å²) in [6.07, 6.45) is 2.40. The maximum absolute atomic E-state index is 8.85. The molecular formula is C8H18INO. The third-order valence-corrected chi connectivity index (χ3v) is 2.54. The molecule has 0 aromatic heterocycles. The van der Waals surface area contributed by atoms with Crippen molar-refractivity contribution in [1.29, 1.82) is 0 Å². The monoisotopic (exact) mass is 271 g/mol. The lowest BCUT2D eigenvalue weighted by molar-refractivity contribution is -0.896. The van der Waals surface area contributed by atoms with E-state index < -0.39 is 0 Å². The summed E-state index contributed by atoms with van der Waals surface area (Å²) in [5.74, 6) is 0.589. The molecule has 0 aromatic rings. The number of aliphatic hydroxyl groups is 1. The van der Waals surface area contributed by atoms with E-state index in [0.717, 1.165) is 4.48 Å². The Kier molecular flexibility index (Phi) is 4.89. The Morgan fingerprint density at radius 2 is 1.73 bits per heavy atom. The van der Waals surface area contributed by atoms with Gasteiger partial charge in [0.2, 0.25) is 0 Å². The second kappa shape index (κ2) is 4.62. The molecule has 0 radical (unpaired) electrons. The van der Waals surface area contributed by atoms with Crippen molar-refractivity contribution < 1.29 is 33.6 Å². The smallest absolute Gasteiger partial charge is 0.0786 e. The van der Waals surface area contributed by atoms with Gasteiger partial charge in [-0.25, -0.2) is 0 Å². The van der Waals surface area contributed by atoms with Gasteiger partial charge in [-0.05, 0) is 5.92 Å². The zero-order valence-corrected chi connectivity index (χ0v) is 9.54. The molecule has 2 nitrogen and oxygen atoms in total. The molecule has 0 amide bonds. The zero-order chi connectivity index (χ0) is 7.61. The van der Waals surface area contributed by atoms with Gasteiger partial charge in [0.05, 0.1) is 27.2 Å². The fraction of sp³-hybridized carbons (Fsp3) is 1.00.